The third kappa shape index (κ3) is 4.15. The Morgan fingerprint density at radius 1 is 1.41 bits per heavy atom. The van der Waals surface area contributed by atoms with Crippen molar-refractivity contribution in [1.29, 1.82) is 0 Å². The molecule has 29 heavy (non-hydrogen) atoms. The molecule has 10 heteroatoms. The Morgan fingerprint density at radius 3 is 2.97 bits per heavy atom. The number of thiazole rings is 1. The van der Waals surface area contributed by atoms with E-state index in [1.807, 2.05) is 0 Å². The van der Waals surface area contributed by atoms with Crippen LogP contribution in [0.1, 0.15) is 46.3 Å². The minimum Gasteiger partial charge on any atom is -0.459 e. The van der Waals surface area contributed by atoms with E-state index in [4.69, 9.17) is 15.2 Å². The lowest BCUT2D eigenvalue weighted by Crippen LogP contribution is -2.38. The average molecular weight is 439 g/mol. The Kier molecular flexibility index (Phi) is 5.85. The molecule has 2 N–H and O–H groups in total. The summed E-state index contributed by atoms with van der Waals surface area (Å²) in [5, 5.41) is 0. The lowest BCUT2D eigenvalue weighted by Gasteiger charge is -2.37. The minimum absolute atomic E-state index is 0.0771. The van der Waals surface area contributed by atoms with Crippen molar-refractivity contribution in [2.45, 2.75) is 57.8 Å². The van der Waals surface area contributed by atoms with Crippen LogP contribution in [0.15, 0.2) is 11.0 Å². The number of aromatic nitrogens is 3. The number of nitrogens with zero attached hydrogens (tertiary/aromatic N) is 3. The van der Waals surface area contributed by atoms with Crippen molar-refractivity contribution >= 4 is 45.4 Å². The highest BCUT2D eigenvalue weighted by Gasteiger charge is 2.39. The molecule has 0 unspecified atom stereocenters. The number of hydrogen-bond donors (Lipinski definition) is 1. The molecule has 158 valence electrons. The predicted molar refractivity (Wildman–Crippen MR) is 114 cm³/mol. The van der Waals surface area contributed by atoms with Gasteiger partial charge in [0.1, 0.15) is 6.10 Å². The number of nitrogen functional groups attached to an aromatic ring is 1. The van der Waals surface area contributed by atoms with Gasteiger partial charge in [-0.15, -0.1) is 11.8 Å². The van der Waals surface area contributed by atoms with Crippen molar-refractivity contribution in [2.24, 2.45) is 17.8 Å². The molecule has 0 amide bonds. The fourth-order valence-electron chi connectivity index (χ4n) is 4.21. The Bertz CT molecular complexity index is 959. The van der Waals surface area contributed by atoms with Gasteiger partial charge in [0.05, 0.1) is 10.9 Å². The maximum atomic E-state index is 12.8. The number of ether oxygens (including phenoxy) is 2. The minimum atomic E-state index is -0.744. The summed E-state index contributed by atoms with van der Waals surface area (Å²) in [5.74, 6) is 1.59. The van der Waals surface area contributed by atoms with Gasteiger partial charge in [-0.05, 0) is 30.6 Å². The topological polar surface area (TPSA) is 109 Å². The van der Waals surface area contributed by atoms with Crippen LogP contribution in [-0.4, -0.2) is 37.8 Å². The van der Waals surface area contributed by atoms with Crippen molar-refractivity contribution in [3.8, 4) is 0 Å². The van der Waals surface area contributed by atoms with E-state index in [0.717, 1.165) is 24.2 Å². The Labute approximate surface area is 177 Å². The molecule has 2 fully saturated rings. The first-order valence-corrected chi connectivity index (χ1v) is 11.8. The molecule has 1 saturated heterocycles. The van der Waals surface area contributed by atoms with Gasteiger partial charge < -0.3 is 15.2 Å². The van der Waals surface area contributed by atoms with Crippen LogP contribution < -0.4 is 10.6 Å². The number of hydrogen-bond acceptors (Lipinski definition) is 9. The summed E-state index contributed by atoms with van der Waals surface area (Å²) in [4.78, 5) is 33.2. The summed E-state index contributed by atoms with van der Waals surface area (Å²) in [6.07, 6.45) is 4.01. The summed E-state index contributed by atoms with van der Waals surface area (Å²) in [5.41, 5.74) is 5.37. The summed E-state index contributed by atoms with van der Waals surface area (Å²) in [6.45, 7) is 6.57. The van der Waals surface area contributed by atoms with Gasteiger partial charge in [0, 0.05) is 5.75 Å². The van der Waals surface area contributed by atoms with E-state index in [-0.39, 0.29) is 22.9 Å². The van der Waals surface area contributed by atoms with Gasteiger partial charge in [-0.2, -0.15) is 4.98 Å². The van der Waals surface area contributed by atoms with E-state index in [2.05, 4.69) is 30.7 Å². The maximum absolute atomic E-state index is 12.8. The van der Waals surface area contributed by atoms with Crippen LogP contribution in [0, 0.1) is 17.8 Å². The van der Waals surface area contributed by atoms with Gasteiger partial charge in [0.25, 0.3) is 0 Å². The molecule has 0 bridgehead atoms. The number of carbonyl (C=O) groups is 1. The zero-order valence-corrected chi connectivity index (χ0v) is 18.4. The molecule has 0 aromatic carbocycles. The largest absolute Gasteiger partial charge is 0.459 e. The summed E-state index contributed by atoms with van der Waals surface area (Å²) in [6, 6.07) is 0. The van der Waals surface area contributed by atoms with Crippen LogP contribution in [0.4, 0.5) is 5.95 Å². The first-order chi connectivity index (χ1) is 13.8. The van der Waals surface area contributed by atoms with Gasteiger partial charge in [-0.25, -0.2) is 9.78 Å². The molecule has 2 aromatic rings. The molecule has 2 aromatic heterocycles. The molecule has 3 heterocycles. The molecule has 4 rings (SSSR count). The molecule has 5 atom stereocenters. The van der Waals surface area contributed by atoms with E-state index in [1.54, 1.807) is 0 Å². The predicted octanol–water partition coefficient (Wildman–Crippen LogP) is 3.03. The zero-order valence-electron chi connectivity index (χ0n) is 16.7. The van der Waals surface area contributed by atoms with Crippen LogP contribution in [0.5, 0.6) is 0 Å². The van der Waals surface area contributed by atoms with Crippen molar-refractivity contribution in [2.75, 3.05) is 11.5 Å². The van der Waals surface area contributed by atoms with Crippen molar-refractivity contribution in [1.82, 2.24) is 14.5 Å². The molecular formula is C19H26N4O4S2. The van der Waals surface area contributed by atoms with Crippen molar-refractivity contribution in [3.63, 3.8) is 0 Å². The molecule has 1 aliphatic heterocycles. The number of nitrogens with two attached hydrogens (primary N) is 1. The van der Waals surface area contributed by atoms with Crippen LogP contribution in [0.25, 0.3) is 10.3 Å². The van der Waals surface area contributed by atoms with Gasteiger partial charge in [0.2, 0.25) is 11.4 Å². The number of rotatable bonds is 4. The highest BCUT2D eigenvalue weighted by molar-refractivity contribution is 8.00. The highest BCUT2D eigenvalue weighted by atomic mass is 32.2. The molecule has 1 saturated carbocycles. The fraction of sp³-hybridized carbons (Fsp3) is 0.684. The summed E-state index contributed by atoms with van der Waals surface area (Å²) < 4.78 is 13.9. The molecule has 1 aliphatic carbocycles. The number of anilines is 1. The molecule has 0 radical (unpaired) electrons. The average Bonchev–Trinajstić information content (AvgIpc) is 3.25. The summed E-state index contributed by atoms with van der Waals surface area (Å²) >= 11 is 2.39. The molecule has 8 nitrogen and oxygen atoms in total. The van der Waals surface area contributed by atoms with Crippen LogP contribution in [-0.2, 0) is 14.3 Å². The van der Waals surface area contributed by atoms with E-state index < -0.39 is 11.7 Å². The van der Waals surface area contributed by atoms with E-state index in [1.165, 1.54) is 28.9 Å². The van der Waals surface area contributed by atoms with Crippen LogP contribution in [0.2, 0.25) is 0 Å². The van der Waals surface area contributed by atoms with Crippen molar-refractivity contribution in [3.05, 3.63) is 15.9 Å². The van der Waals surface area contributed by atoms with E-state index in [9.17, 15) is 9.59 Å². The zero-order chi connectivity index (χ0) is 20.7. The lowest BCUT2D eigenvalue weighted by atomic mass is 9.75. The lowest BCUT2D eigenvalue weighted by molar-refractivity contribution is -0.166. The number of esters is 1. The second kappa shape index (κ2) is 8.23. The smallest absolute Gasteiger partial charge is 0.346 e. The summed E-state index contributed by atoms with van der Waals surface area (Å²) in [7, 11) is 0. The monoisotopic (exact) mass is 438 g/mol. The maximum Gasteiger partial charge on any atom is 0.346 e. The number of thioether (sulfide) groups is 1. The third-order valence-electron chi connectivity index (χ3n) is 5.76. The quantitative estimate of drug-likeness (QED) is 0.726. The number of carbonyl (C=O) groups excluding carboxylic acids is 1. The van der Waals surface area contributed by atoms with Crippen LogP contribution >= 0.6 is 23.1 Å². The first kappa shape index (κ1) is 20.6. The molecule has 0 spiro atoms. The van der Waals surface area contributed by atoms with Gasteiger partial charge >= 0.3 is 10.8 Å². The first-order valence-electron chi connectivity index (χ1n) is 9.94. The van der Waals surface area contributed by atoms with E-state index in [0.29, 0.717) is 33.9 Å². The van der Waals surface area contributed by atoms with Crippen LogP contribution in [0.3, 0.4) is 0 Å². The highest BCUT2D eigenvalue weighted by Crippen LogP contribution is 2.38. The fourth-order valence-corrected chi connectivity index (χ4v) is 6.00. The standard InChI is InChI=1S/C19H26N4O4S2/c1-9(2)11-5-4-10(3)6-12(11)26-16(24)17-27-14(8-28-17)23-15-13(29-19(23)25)7-21-18(20)22-15/h7,9-12,14,17H,4-6,8H2,1-3H3,(H2,20,21,22)/t10-,11+,12-,14-,17+/m1/s1. The SMILES string of the molecule is CC(C)[C@@H]1CC[C@@H](C)C[C@H]1OC(=O)[C@H]1O[C@@H](n2c(=O)sc3cnc(N)nc32)CS1. The second-order valence-electron chi connectivity index (χ2n) is 8.21. The Morgan fingerprint density at radius 2 is 2.21 bits per heavy atom. The van der Waals surface area contributed by atoms with E-state index >= 15 is 0 Å². The third-order valence-corrected chi connectivity index (χ3v) is 7.72. The van der Waals surface area contributed by atoms with Crippen molar-refractivity contribution < 1.29 is 14.3 Å². The Hall–Kier alpha value is -1.65. The molecule has 2 aliphatic rings. The normalized spacial score (nSPS) is 30.1. The van der Waals surface area contributed by atoms with Gasteiger partial charge in [-0.1, -0.05) is 38.5 Å². The number of fused-ring (bicyclic) bond motifs is 1. The van der Waals surface area contributed by atoms with Gasteiger partial charge in [-0.3, -0.25) is 9.36 Å². The second-order valence-corrected chi connectivity index (χ2v) is 10.3. The molecular weight excluding hydrogens is 412 g/mol. The Balaban J connectivity index is 1.47. The van der Waals surface area contributed by atoms with Gasteiger partial charge in [0.15, 0.2) is 11.9 Å².